The van der Waals surface area contributed by atoms with Crippen LogP contribution in [0.4, 0.5) is 10.1 Å². The van der Waals surface area contributed by atoms with Gasteiger partial charge < -0.3 is 10.1 Å². The molecule has 0 bridgehead atoms. The number of carbonyl (C=O) groups excluding carboxylic acids is 3. The van der Waals surface area contributed by atoms with Crippen LogP contribution < -0.4 is 15.5 Å². The first-order chi connectivity index (χ1) is 15.3. The summed E-state index contributed by atoms with van der Waals surface area (Å²) < 4.78 is 19.1. The van der Waals surface area contributed by atoms with Crippen LogP contribution in [-0.2, 0) is 9.59 Å². The molecule has 3 rings (SSSR count). The van der Waals surface area contributed by atoms with Crippen molar-refractivity contribution in [3.63, 3.8) is 0 Å². The number of hydrogen-bond acceptors (Lipinski definition) is 5. The molecule has 0 atom stereocenters. The molecular formula is C23H17ClFN3O4. The Morgan fingerprint density at radius 1 is 0.938 bits per heavy atom. The highest BCUT2D eigenvalue weighted by Gasteiger charge is 2.17. The summed E-state index contributed by atoms with van der Waals surface area (Å²) in [4.78, 5) is 36.4. The lowest BCUT2D eigenvalue weighted by atomic mass is 10.1. The Balaban J connectivity index is 1.70. The number of esters is 1. The number of anilines is 1. The third kappa shape index (κ3) is 5.77. The van der Waals surface area contributed by atoms with Crippen molar-refractivity contribution in [2.24, 2.45) is 5.10 Å². The number of nitrogens with one attached hydrogen (secondary N) is 2. The van der Waals surface area contributed by atoms with E-state index in [9.17, 15) is 18.8 Å². The molecule has 0 unspecified atom stereocenters. The summed E-state index contributed by atoms with van der Waals surface area (Å²) in [5.74, 6) is -3.29. The Morgan fingerprint density at radius 3 is 2.41 bits per heavy atom. The van der Waals surface area contributed by atoms with E-state index in [2.05, 4.69) is 15.8 Å². The molecule has 3 aromatic rings. The Bertz CT molecular complexity index is 1210. The van der Waals surface area contributed by atoms with Crippen LogP contribution in [0.3, 0.4) is 0 Å². The number of benzene rings is 3. The van der Waals surface area contributed by atoms with E-state index in [1.54, 1.807) is 49.4 Å². The van der Waals surface area contributed by atoms with E-state index < -0.39 is 23.6 Å². The van der Waals surface area contributed by atoms with Gasteiger partial charge in [-0.15, -0.1) is 0 Å². The molecule has 0 radical (unpaired) electrons. The van der Waals surface area contributed by atoms with Crippen LogP contribution in [0.1, 0.15) is 22.8 Å². The second kappa shape index (κ2) is 10.3. The fourth-order valence-electron chi connectivity index (χ4n) is 2.62. The van der Waals surface area contributed by atoms with E-state index in [1.807, 2.05) is 0 Å². The first-order valence-electron chi connectivity index (χ1n) is 9.32. The van der Waals surface area contributed by atoms with E-state index in [0.29, 0.717) is 10.6 Å². The van der Waals surface area contributed by atoms with Gasteiger partial charge in [0.15, 0.2) is 0 Å². The number of nitrogens with zero attached hydrogens (tertiary/aromatic N) is 1. The number of amides is 2. The highest BCUT2D eigenvalue weighted by molar-refractivity contribution is 6.39. The van der Waals surface area contributed by atoms with Gasteiger partial charge in [0.05, 0.1) is 17.0 Å². The van der Waals surface area contributed by atoms with E-state index in [0.717, 1.165) is 6.07 Å². The second-order valence-corrected chi connectivity index (χ2v) is 6.90. The van der Waals surface area contributed by atoms with Crippen LogP contribution in [-0.4, -0.2) is 23.5 Å². The molecule has 0 fully saturated rings. The molecule has 2 N–H and O–H groups in total. The topological polar surface area (TPSA) is 96.9 Å². The van der Waals surface area contributed by atoms with Crippen LogP contribution >= 0.6 is 11.6 Å². The third-order valence-corrected chi connectivity index (χ3v) is 4.43. The minimum atomic E-state index is -1.10. The zero-order valence-electron chi connectivity index (χ0n) is 16.8. The normalized spacial score (nSPS) is 10.9. The maximum atomic E-state index is 13.6. The quantitative estimate of drug-likeness (QED) is 0.199. The lowest BCUT2D eigenvalue weighted by Crippen LogP contribution is -2.33. The molecule has 0 heterocycles. The van der Waals surface area contributed by atoms with E-state index in [-0.39, 0.29) is 22.7 Å². The molecule has 32 heavy (non-hydrogen) atoms. The van der Waals surface area contributed by atoms with Crippen molar-refractivity contribution in [3.8, 4) is 5.75 Å². The van der Waals surface area contributed by atoms with Crippen LogP contribution in [0.2, 0.25) is 5.02 Å². The minimum absolute atomic E-state index is 0.133. The molecular weight excluding hydrogens is 437 g/mol. The standard InChI is InChI=1S/C23H17ClFN3O4/c1-14(27-28-22(30)21(29)26-19-11-4-3-10-18(19)25)17-9-2-5-12-20(17)32-23(31)15-7-6-8-16(24)13-15/h2-13H,1H3,(H,26,29)(H,28,30)/b27-14+. The highest BCUT2D eigenvalue weighted by Crippen LogP contribution is 2.21. The van der Waals surface area contributed by atoms with Gasteiger partial charge in [-0.3, -0.25) is 9.59 Å². The van der Waals surface area contributed by atoms with Gasteiger partial charge >= 0.3 is 17.8 Å². The van der Waals surface area contributed by atoms with E-state index >= 15 is 0 Å². The molecule has 9 heteroatoms. The van der Waals surface area contributed by atoms with Crippen molar-refractivity contribution < 1.29 is 23.5 Å². The first kappa shape index (κ1) is 22.6. The van der Waals surface area contributed by atoms with Crippen molar-refractivity contribution in [1.82, 2.24) is 5.43 Å². The van der Waals surface area contributed by atoms with Gasteiger partial charge in [-0.25, -0.2) is 14.6 Å². The average molecular weight is 454 g/mol. The van der Waals surface area contributed by atoms with Crippen molar-refractivity contribution in [3.05, 3.63) is 94.8 Å². The molecule has 0 saturated carbocycles. The number of rotatable bonds is 5. The lowest BCUT2D eigenvalue weighted by Gasteiger charge is -2.10. The van der Waals surface area contributed by atoms with Crippen molar-refractivity contribution >= 4 is 40.8 Å². The summed E-state index contributed by atoms with van der Waals surface area (Å²) in [6.45, 7) is 1.56. The molecule has 0 aliphatic rings. The number of hydrazone groups is 1. The maximum Gasteiger partial charge on any atom is 0.343 e. The number of para-hydroxylation sites is 2. The van der Waals surface area contributed by atoms with Gasteiger partial charge in [0, 0.05) is 10.6 Å². The van der Waals surface area contributed by atoms with Crippen molar-refractivity contribution in [2.75, 3.05) is 5.32 Å². The summed E-state index contributed by atoms with van der Waals surface area (Å²) in [6.07, 6.45) is 0. The molecule has 0 aliphatic heterocycles. The van der Waals surface area contributed by atoms with Crippen molar-refractivity contribution in [1.29, 1.82) is 0 Å². The van der Waals surface area contributed by atoms with Crippen LogP contribution in [0.15, 0.2) is 77.9 Å². The lowest BCUT2D eigenvalue weighted by molar-refractivity contribution is -0.136. The zero-order valence-corrected chi connectivity index (χ0v) is 17.5. The van der Waals surface area contributed by atoms with Gasteiger partial charge in [-0.1, -0.05) is 41.9 Å². The van der Waals surface area contributed by atoms with Crippen LogP contribution in [0.25, 0.3) is 0 Å². The van der Waals surface area contributed by atoms with E-state index in [4.69, 9.17) is 16.3 Å². The zero-order chi connectivity index (χ0) is 23.1. The van der Waals surface area contributed by atoms with Gasteiger partial charge in [-0.2, -0.15) is 5.10 Å². The third-order valence-electron chi connectivity index (χ3n) is 4.19. The number of ether oxygens (including phenoxy) is 1. The van der Waals surface area contributed by atoms with Gasteiger partial charge in [0.1, 0.15) is 11.6 Å². The minimum Gasteiger partial charge on any atom is -0.422 e. The summed E-state index contributed by atoms with van der Waals surface area (Å²) in [5.41, 5.74) is 2.91. The Morgan fingerprint density at radius 2 is 1.66 bits per heavy atom. The number of carbonyl (C=O) groups is 3. The number of halogens is 2. The summed E-state index contributed by atoms with van der Waals surface area (Å²) in [7, 11) is 0. The molecule has 0 aromatic heterocycles. The molecule has 3 aromatic carbocycles. The van der Waals surface area contributed by atoms with E-state index in [1.165, 1.54) is 24.3 Å². The highest BCUT2D eigenvalue weighted by atomic mass is 35.5. The largest absolute Gasteiger partial charge is 0.422 e. The molecule has 0 spiro atoms. The Labute approximate surface area is 187 Å². The fourth-order valence-corrected chi connectivity index (χ4v) is 2.81. The van der Waals surface area contributed by atoms with Crippen molar-refractivity contribution in [2.45, 2.75) is 6.92 Å². The van der Waals surface area contributed by atoms with Gasteiger partial charge in [0.25, 0.3) is 0 Å². The summed E-state index contributed by atoms with van der Waals surface area (Å²) >= 11 is 5.91. The predicted octanol–water partition coefficient (Wildman–Crippen LogP) is 4.18. The van der Waals surface area contributed by atoms with Gasteiger partial charge in [-0.05, 0) is 49.4 Å². The molecule has 2 amide bonds. The molecule has 0 aliphatic carbocycles. The van der Waals surface area contributed by atoms with Gasteiger partial charge in [0.2, 0.25) is 0 Å². The Hall–Kier alpha value is -4.04. The molecule has 162 valence electrons. The SMILES string of the molecule is C/C(=N\NC(=O)C(=O)Nc1ccccc1F)c1ccccc1OC(=O)c1cccc(Cl)c1. The predicted molar refractivity (Wildman–Crippen MR) is 118 cm³/mol. The van der Waals surface area contributed by atoms with Crippen LogP contribution in [0, 0.1) is 5.82 Å². The summed E-state index contributed by atoms with van der Waals surface area (Å²) in [6, 6.07) is 18.3. The number of hydrogen-bond donors (Lipinski definition) is 2. The smallest absolute Gasteiger partial charge is 0.343 e. The molecule has 0 saturated heterocycles. The second-order valence-electron chi connectivity index (χ2n) is 6.47. The maximum absolute atomic E-state index is 13.6. The summed E-state index contributed by atoms with van der Waals surface area (Å²) in [5, 5.41) is 6.43. The monoisotopic (exact) mass is 453 g/mol. The average Bonchev–Trinajstić information content (AvgIpc) is 2.79. The molecule has 7 nitrogen and oxygen atoms in total. The first-order valence-corrected chi connectivity index (χ1v) is 9.70. The Kier molecular flexibility index (Phi) is 7.30. The van der Waals surface area contributed by atoms with Crippen LogP contribution in [0.5, 0.6) is 5.75 Å². The fraction of sp³-hybridized carbons (Fsp3) is 0.0435.